The highest BCUT2D eigenvalue weighted by Crippen LogP contribution is 2.45. The summed E-state index contributed by atoms with van der Waals surface area (Å²) < 4.78 is 0. The van der Waals surface area contributed by atoms with Gasteiger partial charge in [-0.15, -0.1) is 0 Å². The van der Waals surface area contributed by atoms with Gasteiger partial charge in [-0.25, -0.2) is 0 Å². The summed E-state index contributed by atoms with van der Waals surface area (Å²) in [6.07, 6.45) is 18.3. The van der Waals surface area contributed by atoms with Crippen LogP contribution in [0.25, 0.3) is 0 Å². The maximum Gasteiger partial charge on any atom is 0.0678 e. The van der Waals surface area contributed by atoms with E-state index in [1.165, 1.54) is 77.0 Å². The molecular formula is C18H34O. The highest BCUT2D eigenvalue weighted by atomic mass is 16.3. The molecule has 2 rings (SSSR count). The SMILES string of the molecule is CCCCCCC1(O)CCCCC1C1CCCCC1. The van der Waals surface area contributed by atoms with Crippen molar-refractivity contribution in [3.8, 4) is 0 Å². The largest absolute Gasteiger partial charge is 0.390 e. The third kappa shape index (κ3) is 4.21. The molecule has 0 amide bonds. The second-order valence-electron chi connectivity index (χ2n) is 7.16. The minimum absolute atomic E-state index is 0.298. The number of unbranched alkanes of at least 4 members (excludes halogenated alkanes) is 3. The van der Waals surface area contributed by atoms with Gasteiger partial charge < -0.3 is 5.11 Å². The Labute approximate surface area is 120 Å². The first-order valence-electron chi connectivity index (χ1n) is 8.98. The molecule has 0 radical (unpaired) electrons. The Morgan fingerprint density at radius 3 is 2.37 bits per heavy atom. The van der Waals surface area contributed by atoms with Crippen LogP contribution < -0.4 is 0 Å². The summed E-state index contributed by atoms with van der Waals surface area (Å²) in [4.78, 5) is 0. The van der Waals surface area contributed by atoms with Crippen molar-refractivity contribution in [2.75, 3.05) is 0 Å². The van der Waals surface area contributed by atoms with Gasteiger partial charge in [0.25, 0.3) is 0 Å². The monoisotopic (exact) mass is 266 g/mol. The van der Waals surface area contributed by atoms with E-state index < -0.39 is 0 Å². The molecule has 112 valence electrons. The average molecular weight is 266 g/mol. The van der Waals surface area contributed by atoms with Gasteiger partial charge in [-0.2, -0.15) is 0 Å². The quantitative estimate of drug-likeness (QED) is 0.633. The third-order valence-electron chi connectivity index (χ3n) is 5.75. The van der Waals surface area contributed by atoms with Crippen LogP contribution in [0.3, 0.4) is 0 Å². The van der Waals surface area contributed by atoms with Crippen molar-refractivity contribution in [2.24, 2.45) is 11.8 Å². The molecule has 1 heteroatoms. The Hall–Kier alpha value is -0.0400. The zero-order valence-electron chi connectivity index (χ0n) is 13.0. The fourth-order valence-corrected chi connectivity index (χ4v) is 4.63. The fourth-order valence-electron chi connectivity index (χ4n) is 4.63. The zero-order chi connectivity index (χ0) is 13.6. The van der Waals surface area contributed by atoms with Gasteiger partial charge >= 0.3 is 0 Å². The van der Waals surface area contributed by atoms with Gasteiger partial charge in [0.2, 0.25) is 0 Å². The Morgan fingerprint density at radius 1 is 0.895 bits per heavy atom. The Kier molecular flexibility index (Phi) is 6.19. The van der Waals surface area contributed by atoms with Gasteiger partial charge in [0.15, 0.2) is 0 Å². The first-order valence-corrected chi connectivity index (χ1v) is 8.98. The van der Waals surface area contributed by atoms with E-state index in [-0.39, 0.29) is 5.60 Å². The topological polar surface area (TPSA) is 20.2 Å². The molecule has 0 aromatic heterocycles. The highest BCUT2D eigenvalue weighted by molar-refractivity contribution is 4.93. The van der Waals surface area contributed by atoms with E-state index in [0.717, 1.165) is 18.8 Å². The molecule has 1 nitrogen and oxygen atoms in total. The summed E-state index contributed by atoms with van der Waals surface area (Å²) in [5.41, 5.74) is -0.298. The molecule has 0 spiro atoms. The van der Waals surface area contributed by atoms with E-state index in [1.807, 2.05) is 0 Å². The molecule has 0 aromatic rings. The number of hydrogen-bond acceptors (Lipinski definition) is 1. The maximum atomic E-state index is 11.2. The van der Waals surface area contributed by atoms with Crippen molar-refractivity contribution >= 4 is 0 Å². The van der Waals surface area contributed by atoms with E-state index >= 15 is 0 Å². The Morgan fingerprint density at radius 2 is 1.63 bits per heavy atom. The van der Waals surface area contributed by atoms with Crippen LogP contribution in [-0.4, -0.2) is 10.7 Å². The summed E-state index contributed by atoms with van der Waals surface area (Å²) >= 11 is 0. The minimum Gasteiger partial charge on any atom is -0.390 e. The van der Waals surface area contributed by atoms with Gasteiger partial charge in [-0.05, 0) is 31.1 Å². The van der Waals surface area contributed by atoms with Crippen LogP contribution in [0.4, 0.5) is 0 Å². The molecule has 2 atom stereocenters. The molecular weight excluding hydrogens is 232 g/mol. The van der Waals surface area contributed by atoms with Crippen molar-refractivity contribution < 1.29 is 5.11 Å². The summed E-state index contributed by atoms with van der Waals surface area (Å²) in [6, 6.07) is 0. The standard InChI is InChI=1S/C18H34O/c1-2-3-4-9-14-18(19)15-10-8-13-17(18)16-11-6-5-7-12-16/h16-17,19H,2-15H2,1H3. The summed E-state index contributed by atoms with van der Waals surface area (Å²) in [6.45, 7) is 2.26. The van der Waals surface area contributed by atoms with Crippen LogP contribution in [0.2, 0.25) is 0 Å². The molecule has 0 heterocycles. The van der Waals surface area contributed by atoms with Crippen molar-refractivity contribution in [1.29, 1.82) is 0 Å². The fraction of sp³-hybridized carbons (Fsp3) is 1.00. The second kappa shape index (κ2) is 7.67. The predicted molar refractivity (Wildman–Crippen MR) is 82.2 cm³/mol. The van der Waals surface area contributed by atoms with E-state index in [0.29, 0.717) is 5.92 Å². The van der Waals surface area contributed by atoms with E-state index in [9.17, 15) is 5.11 Å². The van der Waals surface area contributed by atoms with Crippen molar-refractivity contribution in [1.82, 2.24) is 0 Å². The minimum atomic E-state index is -0.298. The molecule has 2 fully saturated rings. The molecule has 19 heavy (non-hydrogen) atoms. The van der Waals surface area contributed by atoms with E-state index in [4.69, 9.17) is 0 Å². The Balaban J connectivity index is 1.89. The molecule has 0 saturated heterocycles. The van der Waals surface area contributed by atoms with Crippen molar-refractivity contribution in [2.45, 2.75) is 102 Å². The predicted octanol–water partition coefficient (Wildman–Crippen LogP) is 5.46. The van der Waals surface area contributed by atoms with Crippen LogP contribution in [0, 0.1) is 11.8 Å². The van der Waals surface area contributed by atoms with Crippen molar-refractivity contribution in [3.05, 3.63) is 0 Å². The number of hydrogen-bond donors (Lipinski definition) is 1. The first-order chi connectivity index (χ1) is 9.26. The van der Waals surface area contributed by atoms with Crippen LogP contribution in [0.1, 0.15) is 96.8 Å². The molecule has 0 bridgehead atoms. The normalized spacial score (nSPS) is 33.5. The van der Waals surface area contributed by atoms with Gasteiger partial charge in [-0.3, -0.25) is 0 Å². The lowest BCUT2D eigenvalue weighted by Gasteiger charge is -2.45. The van der Waals surface area contributed by atoms with Gasteiger partial charge in [0.1, 0.15) is 0 Å². The zero-order valence-corrected chi connectivity index (χ0v) is 13.0. The summed E-state index contributed by atoms with van der Waals surface area (Å²) in [7, 11) is 0. The lowest BCUT2D eigenvalue weighted by molar-refractivity contribution is -0.0842. The molecule has 0 aliphatic heterocycles. The second-order valence-corrected chi connectivity index (χ2v) is 7.16. The lowest BCUT2D eigenvalue weighted by atomic mass is 9.64. The van der Waals surface area contributed by atoms with Gasteiger partial charge in [0, 0.05) is 0 Å². The average Bonchev–Trinajstić information content (AvgIpc) is 2.45. The van der Waals surface area contributed by atoms with Crippen LogP contribution >= 0.6 is 0 Å². The highest BCUT2D eigenvalue weighted by Gasteiger charge is 2.42. The maximum absolute atomic E-state index is 11.2. The molecule has 2 saturated carbocycles. The first kappa shape index (κ1) is 15.4. The molecule has 0 aromatic carbocycles. The van der Waals surface area contributed by atoms with Crippen LogP contribution in [0.15, 0.2) is 0 Å². The van der Waals surface area contributed by atoms with Crippen LogP contribution in [-0.2, 0) is 0 Å². The molecule has 2 aliphatic rings. The Bertz CT molecular complexity index is 244. The lowest BCUT2D eigenvalue weighted by Crippen LogP contribution is -2.44. The van der Waals surface area contributed by atoms with Gasteiger partial charge in [-0.1, -0.05) is 77.6 Å². The molecule has 2 aliphatic carbocycles. The number of aliphatic hydroxyl groups is 1. The smallest absolute Gasteiger partial charge is 0.0678 e. The van der Waals surface area contributed by atoms with E-state index in [2.05, 4.69) is 6.92 Å². The van der Waals surface area contributed by atoms with Crippen LogP contribution in [0.5, 0.6) is 0 Å². The summed E-state index contributed by atoms with van der Waals surface area (Å²) in [5.74, 6) is 1.47. The van der Waals surface area contributed by atoms with Crippen molar-refractivity contribution in [3.63, 3.8) is 0 Å². The molecule has 1 N–H and O–H groups in total. The van der Waals surface area contributed by atoms with E-state index in [1.54, 1.807) is 0 Å². The molecule has 2 unspecified atom stereocenters. The third-order valence-corrected chi connectivity index (χ3v) is 5.75. The summed E-state index contributed by atoms with van der Waals surface area (Å²) in [5, 5.41) is 11.2. The number of rotatable bonds is 6. The van der Waals surface area contributed by atoms with Gasteiger partial charge in [0.05, 0.1) is 5.60 Å².